The van der Waals surface area contributed by atoms with Gasteiger partial charge < -0.3 is 5.32 Å². The van der Waals surface area contributed by atoms with Gasteiger partial charge in [-0.3, -0.25) is 4.98 Å². The van der Waals surface area contributed by atoms with Gasteiger partial charge >= 0.3 is 0 Å². The van der Waals surface area contributed by atoms with Gasteiger partial charge in [0.05, 0.1) is 18.4 Å². The van der Waals surface area contributed by atoms with Gasteiger partial charge in [-0.1, -0.05) is 17.3 Å². The lowest BCUT2D eigenvalue weighted by molar-refractivity contribution is 0.506. The van der Waals surface area contributed by atoms with E-state index in [1.165, 1.54) is 12.1 Å². The molecule has 2 heterocycles. The minimum absolute atomic E-state index is 0. The molecular formula is C18H18ClF2N5. The molecule has 8 heteroatoms. The van der Waals surface area contributed by atoms with Crippen molar-refractivity contribution >= 4 is 12.4 Å². The summed E-state index contributed by atoms with van der Waals surface area (Å²) in [4.78, 5) is 4.08. The van der Waals surface area contributed by atoms with Crippen LogP contribution < -0.4 is 5.32 Å². The van der Waals surface area contributed by atoms with E-state index >= 15 is 0 Å². The average molecular weight is 378 g/mol. The molecule has 5 nitrogen and oxygen atoms in total. The lowest BCUT2D eigenvalue weighted by Crippen LogP contribution is -2.17. The van der Waals surface area contributed by atoms with Crippen LogP contribution in [0.15, 0.2) is 48.9 Å². The van der Waals surface area contributed by atoms with Gasteiger partial charge in [-0.15, -0.1) is 17.5 Å². The number of aromatic nitrogens is 4. The molecule has 1 aliphatic carbocycles. The summed E-state index contributed by atoms with van der Waals surface area (Å²) in [6.45, 7) is 1.22. The van der Waals surface area contributed by atoms with Gasteiger partial charge in [0.15, 0.2) is 11.6 Å². The number of benzene rings is 1. The first-order chi connectivity index (χ1) is 12.2. The van der Waals surface area contributed by atoms with Crippen LogP contribution in [0.2, 0.25) is 0 Å². The lowest BCUT2D eigenvalue weighted by atomic mass is 10.1. The first kappa shape index (κ1) is 18.4. The minimum atomic E-state index is -0.806. The Balaban J connectivity index is 0.00000196. The Bertz CT molecular complexity index is 871. The lowest BCUT2D eigenvalue weighted by Gasteiger charge is -2.03. The molecule has 0 aliphatic heterocycles. The summed E-state index contributed by atoms with van der Waals surface area (Å²) in [6.07, 6.45) is 6.35. The van der Waals surface area contributed by atoms with Crippen molar-refractivity contribution < 1.29 is 8.78 Å². The van der Waals surface area contributed by atoms with E-state index in [4.69, 9.17) is 0 Å². The molecule has 136 valence electrons. The van der Waals surface area contributed by atoms with Crippen LogP contribution in [-0.2, 0) is 13.1 Å². The largest absolute Gasteiger partial charge is 0.308 e. The van der Waals surface area contributed by atoms with Crippen LogP contribution in [0.3, 0.4) is 0 Å². The summed E-state index contributed by atoms with van der Waals surface area (Å²) in [7, 11) is 0. The average Bonchev–Trinajstić information content (AvgIpc) is 3.27. The predicted molar refractivity (Wildman–Crippen MR) is 95.0 cm³/mol. The number of pyridine rings is 1. The van der Waals surface area contributed by atoms with E-state index < -0.39 is 11.6 Å². The van der Waals surface area contributed by atoms with Crippen LogP contribution in [0.1, 0.15) is 29.2 Å². The fourth-order valence-corrected chi connectivity index (χ4v) is 2.94. The van der Waals surface area contributed by atoms with Gasteiger partial charge in [-0.05, 0) is 35.7 Å². The van der Waals surface area contributed by atoms with Crippen LogP contribution in [0.25, 0.3) is 0 Å². The molecule has 1 aromatic carbocycles. The highest BCUT2D eigenvalue weighted by atomic mass is 35.5. The van der Waals surface area contributed by atoms with E-state index in [0.717, 1.165) is 23.2 Å². The predicted octanol–water partition coefficient (Wildman–Crippen LogP) is 3.07. The molecule has 0 amide bonds. The number of rotatable bonds is 6. The molecule has 2 atom stereocenters. The van der Waals surface area contributed by atoms with Crippen molar-refractivity contribution in [2.75, 3.05) is 0 Å². The molecule has 0 unspecified atom stereocenters. The number of hydrogen-bond donors (Lipinski definition) is 1. The molecule has 1 fully saturated rings. The molecule has 2 aromatic heterocycles. The molecule has 0 saturated heterocycles. The van der Waals surface area contributed by atoms with Crippen LogP contribution in [0.4, 0.5) is 8.78 Å². The van der Waals surface area contributed by atoms with E-state index in [1.54, 1.807) is 23.1 Å². The quantitative estimate of drug-likeness (QED) is 0.717. The maximum absolute atomic E-state index is 13.3. The van der Waals surface area contributed by atoms with Crippen molar-refractivity contribution in [1.29, 1.82) is 0 Å². The molecule has 3 aromatic rings. The molecule has 0 spiro atoms. The van der Waals surface area contributed by atoms with Crippen LogP contribution in [0, 0.1) is 11.6 Å². The summed E-state index contributed by atoms with van der Waals surface area (Å²) in [5, 5.41) is 11.7. The maximum Gasteiger partial charge on any atom is 0.159 e. The Kier molecular flexibility index (Phi) is 5.58. The van der Waals surface area contributed by atoms with E-state index in [2.05, 4.69) is 20.6 Å². The van der Waals surface area contributed by atoms with Crippen molar-refractivity contribution in [3.63, 3.8) is 0 Å². The molecule has 0 bridgehead atoms. The fourth-order valence-electron chi connectivity index (χ4n) is 2.94. The number of halogens is 3. The monoisotopic (exact) mass is 377 g/mol. The summed E-state index contributed by atoms with van der Waals surface area (Å²) >= 11 is 0. The molecule has 0 radical (unpaired) electrons. The topological polar surface area (TPSA) is 55.6 Å². The molecule has 1 saturated carbocycles. The van der Waals surface area contributed by atoms with Crippen LogP contribution >= 0.6 is 12.4 Å². The van der Waals surface area contributed by atoms with Crippen molar-refractivity contribution in [2.45, 2.75) is 31.5 Å². The van der Waals surface area contributed by atoms with Crippen molar-refractivity contribution in [3.05, 3.63) is 77.4 Å². The smallest absolute Gasteiger partial charge is 0.159 e. The highest BCUT2D eigenvalue weighted by molar-refractivity contribution is 5.85. The SMILES string of the molecule is Cl.Fc1ccc([C@@H]2C[C@H]2NCc2cn(Cc3cccnc3)nn2)cc1F. The third-order valence-electron chi connectivity index (χ3n) is 4.36. The summed E-state index contributed by atoms with van der Waals surface area (Å²) in [6, 6.07) is 8.25. The van der Waals surface area contributed by atoms with E-state index in [9.17, 15) is 8.78 Å². The van der Waals surface area contributed by atoms with E-state index in [1.807, 2.05) is 18.3 Å². The highest BCUT2D eigenvalue weighted by Crippen LogP contribution is 2.41. The Morgan fingerprint density at radius 3 is 2.85 bits per heavy atom. The Labute approximate surface area is 155 Å². The first-order valence-electron chi connectivity index (χ1n) is 8.15. The summed E-state index contributed by atoms with van der Waals surface area (Å²) in [5.74, 6) is -1.37. The number of nitrogens with zero attached hydrogens (tertiary/aromatic N) is 4. The Morgan fingerprint density at radius 1 is 1.19 bits per heavy atom. The Morgan fingerprint density at radius 2 is 2.08 bits per heavy atom. The van der Waals surface area contributed by atoms with Gasteiger partial charge in [0.1, 0.15) is 0 Å². The second kappa shape index (κ2) is 7.88. The van der Waals surface area contributed by atoms with Crippen molar-refractivity contribution in [2.24, 2.45) is 0 Å². The first-order valence-corrected chi connectivity index (χ1v) is 8.15. The van der Waals surface area contributed by atoms with Crippen molar-refractivity contribution in [1.82, 2.24) is 25.3 Å². The zero-order valence-corrected chi connectivity index (χ0v) is 14.7. The van der Waals surface area contributed by atoms with Gasteiger partial charge in [-0.2, -0.15) is 0 Å². The van der Waals surface area contributed by atoms with E-state index in [0.29, 0.717) is 13.1 Å². The second-order valence-corrected chi connectivity index (χ2v) is 6.27. The standard InChI is InChI=1S/C18H17F2N5.ClH/c19-16-4-3-13(6-17(16)20)15-7-18(15)22-9-14-11-25(24-23-14)10-12-2-1-5-21-8-12;/h1-6,8,11,15,18,22H,7,9-10H2;1H/t15-,18+;/m0./s1. The van der Waals surface area contributed by atoms with Gasteiger partial charge in [0.2, 0.25) is 0 Å². The molecule has 1 N–H and O–H groups in total. The zero-order chi connectivity index (χ0) is 17.2. The Hall–Kier alpha value is -2.38. The van der Waals surface area contributed by atoms with Gasteiger partial charge in [0.25, 0.3) is 0 Å². The number of hydrogen-bond acceptors (Lipinski definition) is 4. The van der Waals surface area contributed by atoms with Crippen LogP contribution in [-0.4, -0.2) is 26.0 Å². The third kappa shape index (κ3) is 4.23. The fraction of sp³-hybridized carbons (Fsp3) is 0.278. The molecule has 4 rings (SSSR count). The highest BCUT2D eigenvalue weighted by Gasteiger charge is 2.38. The molecular weight excluding hydrogens is 360 g/mol. The molecule has 1 aliphatic rings. The van der Waals surface area contributed by atoms with Crippen molar-refractivity contribution in [3.8, 4) is 0 Å². The van der Waals surface area contributed by atoms with Gasteiger partial charge in [0, 0.05) is 30.9 Å². The number of nitrogens with one attached hydrogen (secondary N) is 1. The summed E-state index contributed by atoms with van der Waals surface area (Å²) < 4.78 is 28.1. The maximum atomic E-state index is 13.3. The third-order valence-corrected chi connectivity index (χ3v) is 4.36. The van der Waals surface area contributed by atoms with Crippen LogP contribution in [0.5, 0.6) is 0 Å². The second-order valence-electron chi connectivity index (χ2n) is 6.27. The molecule has 26 heavy (non-hydrogen) atoms. The van der Waals surface area contributed by atoms with Gasteiger partial charge in [-0.25, -0.2) is 13.5 Å². The zero-order valence-electron chi connectivity index (χ0n) is 13.8. The minimum Gasteiger partial charge on any atom is -0.308 e. The normalized spacial score (nSPS) is 18.4. The van der Waals surface area contributed by atoms with E-state index in [-0.39, 0.29) is 24.4 Å². The summed E-state index contributed by atoms with van der Waals surface area (Å²) in [5.41, 5.74) is 2.74.